The number of amides is 2. The Morgan fingerprint density at radius 1 is 1.42 bits per heavy atom. The number of hydrogen-bond acceptors (Lipinski definition) is 3. The van der Waals surface area contributed by atoms with Crippen LogP contribution in [0.25, 0.3) is 0 Å². The van der Waals surface area contributed by atoms with Crippen molar-refractivity contribution in [1.82, 2.24) is 5.32 Å². The quantitative estimate of drug-likeness (QED) is 0.806. The molecule has 1 aromatic heterocycles. The van der Waals surface area contributed by atoms with Gasteiger partial charge in [0.1, 0.15) is 0 Å². The minimum absolute atomic E-state index is 0.0892. The molecular weight excluding hydrogens is 268 g/mol. The van der Waals surface area contributed by atoms with E-state index in [0.29, 0.717) is 16.3 Å². The van der Waals surface area contributed by atoms with Crippen LogP contribution in [0.1, 0.15) is 11.7 Å². The number of carbonyl (C=O) groups is 1. The molecule has 2 aromatic rings. The van der Waals surface area contributed by atoms with Crippen molar-refractivity contribution in [3.05, 3.63) is 53.4 Å². The predicted molar refractivity (Wildman–Crippen MR) is 72.1 cm³/mol. The van der Waals surface area contributed by atoms with Crippen LogP contribution >= 0.6 is 11.6 Å². The molecule has 1 heterocycles. The minimum Gasteiger partial charge on any atom is -0.472 e. The number of halogens is 1. The lowest BCUT2D eigenvalue weighted by Gasteiger charge is -2.11. The third kappa shape index (κ3) is 4.01. The van der Waals surface area contributed by atoms with Gasteiger partial charge in [-0.1, -0.05) is 17.7 Å². The van der Waals surface area contributed by atoms with E-state index in [1.54, 1.807) is 30.3 Å². The van der Waals surface area contributed by atoms with Crippen molar-refractivity contribution in [2.24, 2.45) is 0 Å². The first-order valence-corrected chi connectivity index (χ1v) is 6.03. The number of urea groups is 1. The van der Waals surface area contributed by atoms with Crippen molar-refractivity contribution in [3.63, 3.8) is 0 Å². The average Bonchev–Trinajstić information content (AvgIpc) is 2.90. The molecule has 0 fully saturated rings. The first-order chi connectivity index (χ1) is 9.15. The summed E-state index contributed by atoms with van der Waals surface area (Å²) in [7, 11) is 0. The van der Waals surface area contributed by atoms with E-state index in [9.17, 15) is 9.90 Å². The van der Waals surface area contributed by atoms with Crippen LogP contribution in [-0.4, -0.2) is 17.7 Å². The van der Waals surface area contributed by atoms with Gasteiger partial charge in [0.15, 0.2) is 0 Å². The van der Waals surface area contributed by atoms with Crippen LogP contribution in [0, 0.1) is 0 Å². The molecule has 0 spiro atoms. The molecule has 100 valence electrons. The highest BCUT2D eigenvalue weighted by molar-refractivity contribution is 6.30. The molecular formula is C13H13ClN2O3. The average molecular weight is 281 g/mol. The van der Waals surface area contributed by atoms with Gasteiger partial charge in [0.2, 0.25) is 0 Å². The van der Waals surface area contributed by atoms with Crippen molar-refractivity contribution >= 4 is 23.3 Å². The van der Waals surface area contributed by atoms with Crippen LogP contribution in [0.4, 0.5) is 10.5 Å². The number of benzene rings is 1. The fraction of sp³-hybridized carbons (Fsp3) is 0.154. The van der Waals surface area contributed by atoms with Gasteiger partial charge < -0.3 is 20.2 Å². The van der Waals surface area contributed by atoms with Gasteiger partial charge in [-0.2, -0.15) is 0 Å². The highest BCUT2D eigenvalue weighted by Gasteiger charge is 2.10. The molecule has 6 heteroatoms. The summed E-state index contributed by atoms with van der Waals surface area (Å²) in [5.74, 6) is 0. The molecule has 0 aliphatic rings. The zero-order valence-electron chi connectivity index (χ0n) is 9.97. The fourth-order valence-electron chi connectivity index (χ4n) is 1.51. The van der Waals surface area contributed by atoms with Gasteiger partial charge in [-0.05, 0) is 24.3 Å². The number of rotatable bonds is 4. The first-order valence-electron chi connectivity index (χ1n) is 5.66. The number of hydrogen-bond donors (Lipinski definition) is 3. The van der Waals surface area contributed by atoms with Crippen molar-refractivity contribution in [1.29, 1.82) is 0 Å². The Kier molecular flexibility index (Phi) is 4.43. The third-order valence-electron chi connectivity index (χ3n) is 2.47. The highest BCUT2D eigenvalue weighted by atomic mass is 35.5. The Morgan fingerprint density at radius 2 is 2.26 bits per heavy atom. The van der Waals surface area contributed by atoms with Crippen LogP contribution in [-0.2, 0) is 0 Å². The summed E-state index contributed by atoms with van der Waals surface area (Å²) in [6, 6.07) is 8.03. The number of furan rings is 1. The van der Waals surface area contributed by atoms with E-state index >= 15 is 0 Å². The summed E-state index contributed by atoms with van der Waals surface area (Å²) in [5, 5.41) is 15.5. The number of anilines is 1. The molecule has 2 rings (SSSR count). The lowest BCUT2D eigenvalue weighted by atomic mass is 10.2. The van der Waals surface area contributed by atoms with Gasteiger partial charge >= 0.3 is 6.03 Å². The summed E-state index contributed by atoms with van der Waals surface area (Å²) < 4.78 is 4.85. The van der Waals surface area contributed by atoms with Crippen molar-refractivity contribution in [2.75, 3.05) is 11.9 Å². The lowest BCUT2D eigenvalue weighted by Crippen LogP contribution is -2.32. The number of aliphatic hydroxyl groups is 1. The van der Waals surface area contributed by atoms with Crippen molar-refractivity contribution in [2.45, 2.75) is 6.10 Å². The van der Waals surface area contributed by atoms with Gasteiger partial charge in [0, 0.05) is 22.8 Å². The molecule has 0 bridgehead atoms. The zero-order valence-corrected chi connectivity index (χ0v) is 10.7. The van der Waals surface area contributed by atoms with Crippen molar-refractivity contribution in [3.8, 4) is 0 Å². The van der Waals surface area contributed by atoms with Crippen LogP contribution in [0.15, 0.2) is 47.3 Å². The standard InChI is InChI=1S/C13H13ClN2O3/c14-10-2-1-3-11(6-10)16-13(18)15-7-12(17)9-4-5-19-8-9/h1-6,8,12,17H,7H2,(H2,15,16,18)/t12-/m0/s1. The van der Waals surface area contributed by atoms with Gasteiger partial charge in [-0.15, -0.1) is 0 Å². The maximum atomic E-state index is 11.6. The lowest BCUT2D eigenvalue weighted by molar-refractivity contribution is 0.174. The molecule has 1 atom stereocenters. The van der Waals surface area contributed by atoms with Crippen LogP contribution in [0.3, 0.4) is 0 Å². The largest absolute Gasteiger partial charge is 0.472 e. The van der Waals surface area contributed by atoms with E-state index in [4.69, 9.17) is 16.0 Å². The predicted octanol–water partition coefficient (Wildman–Crippen LogP) is 2.79. The Bertz CT molecular complexity index is 543. The second kappa shape index (κ2) is 6.26. The smallest absolute Gasteiger partial charge is 0.319 e. The van der Waals surface area contributed by atoms with Crippen molar-refractivity contribution < 1.29 is 14.3 Å². The SMILES string of the molecule is O=C(NC[C@H](O)c1ccoc1)Nc1cccc(Cl)c1. The number of carbonyl (C=O) groups excluding carboxylic acids is 1. The molecule has 0 radical (unpaired) electrons. The van der Waals surface area contributed by atoms with Crippen LogP contribution in [0.2, 0.25) is 5.02 Å². The molecule has 2 amide bonds. The van der Waals surface area contributed by atoms with Crippen LogP contribution in [0.5, 0.6) is 0 Å². The van der Waals surface area contributed by atoms with Crippen LogP contribution < -0.4 is 10.6 Å². The van der Waals surface area contributed by atoms with E-state index in [2.05, 4.69) is 10.6 Å². The van der Waals surface area contributed by atoms with Gasteiger partial charge in [-0.25, -0.2) is 4.79 Å². The molecule has 5 nitrogen and oxygen atoms in total. The summed E-state index contributed by atoms with van der Waals surface area (Å²) in [5.41, 5.74) is 1.20. The summed E-state index contributed by atoms with van der Waals surface area (Å²) in [6.45, 7) is 0.0892. The van der Waals surface area contributed by atoms with E-state index in [-0.39, 0.29) is 6.54 Å². The number of aliphatic hydroxyl groups excluding tert-OH is 1. The Hall–Kier alpha value is -1.98. The number of nitrogens with one attached hydrogen (secondary N) is 2. The Balaban J connectivity index is 1.82. The summed E-state index contributed by atoms with van der Waals surface area (Å²) in [4.78, 5) is 11.6. The molecule has 0 saturated heterocycles. The maximum absolute atomic E-state index is 11.6. The zero-order chi connectivity index (χ0) is 13.7. The minimum atomic E-state index is -0.802. The molecule has 0 saturated carbocycles. The topological polar surface area (TPSA) is 74.5 Å². The van der Waals surface area contributed by atoms with Gasteiger partial charge in [0.05, 0.1) is 18.6 Å². The van der Waals surface area contributed by atoms with Gasteiger partial charge in [0.25, 0.3) is 0 Å². The molecule has 3 N–H and O–H groups in total. The molecule has 1 aromatic carbocycles. The first kappa shape index (κ1) is 13.5. The Morgan fingerprint density at radius 3 is 2.95 bits per heavy atom. The van der Waals surface area contributed by atoms with E-state index in [1.807, 2.05) is 0 Å². The molecule has 0 aliphatic heterocycles. The second-order valence-electron chi connectivity index (χ2n) is 3.92. The molecule has 0 aliphatic carbocycles. The van der Waals surface area contributed by atoms with E-state index in [1.165, 1.54) is 12.5 Å². The molecule has 0 unspecified atom stereocenters. The maximum Gasteiger partial charge on any atom is 0.319 e. The summed E-state index contributed by atoms with van der Waals surface area (Å²) >= 11 is 5.80. The third-order valence-corrected chi connectivity index (χ3v) is 2.70. The Labute approximate surface area is 115 Å². The van der Waals surface area contributed by atoms with Gasteiger partial charge in [-0.3, -0.25) is 0 Å². The normalized spacial score (nSPS) is 11.9. The summed E-state index contributed by atoms with van der Waals surface area (Å²) in [6.07, 6.45) is 2.09. The second-order valence-corrected chi connectivity index (χ2v) is 4.35. The highest BCUT2D eigenvalue weighted by Crippen LogP contribution is 2.15. The molecule has 19 heavy (non-hydrogen) atoms. The monoisotopic (exact) mass is 280 g/mol. The van der Waals surface area contributed by atoms with E-state index in [0.717, 1.165) is 0 Å². The fourth-order valence-corrected chi connectivity index (χ4v) is 1.70. The van der Waals surface area contributed by atoms with E-state index < -0.39 is 12.1 Å².